The number of nitrogens with one attached hydrogen (secondary N) is 1. The standard InChI is InChI=1S/C23H20BrN5O2S/c1-2-31-20-8-6-19(7-9-20)29-22(16-10-12-25-13-11-16)27-28-23(29)32-15-21(30)26-18-5-3-4-17(24)14-18/h3-14H,2,15H2,1H3,(H,26,30). The van der Waals surface area contributed by atoms with Crippen LogP contribution in [0.5, 0.6) is 5.75 Å². The van der Waals surface area contributed by atoms with Crippen LogP contribution in [0.2, 0.25) is 0 Å². The lowest BCUT2D eigenvalue weighted by Gasteiger charge is -2.11. The summed E-state index contributed by atoms with van der Waals surface area (Å²) < 4.78 is 8.39. The molecule has 0 radical (unpaired) electrons. The highest BCUT2D eigenvalue weighted by Gasteiger charge is 2.17. The van der Waals surface area contributed by atoms with E-state index in [1.807, 2.05) is 72.2 Å². The van der Waals surface area contributed by atoms with Crippen LogP contribution in [0.3, 0.4) is 0 Å². The van der Waals surface area contributed by atoms with Gasteiger partial charge in [0.05, 0.1) is 12.4 Å². The molecule has 2 aromatic carbocycles. The van der Waals surface area contributed by atoms with Crippen LogP contribution in [-0.2, 0) is 4.79 Å². The molecule has 0 bridgehead atoms. The molecule has 2 heterocycles. The predicted molar refractivity (Wildman–Crippen MR) is 129 cm³/mol. The number of hydrogen-bond acceptors (Lipinski definition) is 6. The fraction of sp³-hybridized carbons (Fsp3) is 0.130. The summed E-state index contributed by atoms with van der Waals surface area (Å²) in [6, 6.07) is 18.9. The third kappa shape index (κ3) is 5.35. The molecule has 9 heteroatoms. The summed E-state index contributed by atoms with van der Waals surface area (Å²) in [7, 11) is 0. The van der Waals surface area contributed by atoms with Gasteiger partial charge in [-0.05, 0) is 61.5 Å². The quantitative estimate of drug-likeness (QED) is 0.328. The summed E-state index contributed by atoms with van der Waals surface area (Å²) in [5.41, 5.74) is 2.49. The van der Waals surface area contributed by atoms with Crippen LogP contribution >= 0.6 is 27.7 Å². The lowest BCUT2D eigenvalue weighted by molar-refractivity contribution is -0.113. The molecule has 0 atom stereocenters. The SMILES string of the molecule is CCOc1ccc(-n2c(SCC(=O)Nc3cccc(Br)c3)nnc2-c2ccncc2)cc1. The van der Waals surface area contributed by atoms with Crippen LogP contribution in [0, 0.1) is 0 Å². The van der Waals surface area contributed by atoms with Crippen molar-refractivity contribution in [1.82, 2.24) is 19.7 Å². The maximum atomic E-state index is 12.5. The van der Waals surface area contributed by atoms with Gasteiger partial charge in [0.1, 0.15) is 5.75 Å². The molecule has 0 spiro atoms. The van der Waals surface area contributed by atoms with Crippen molar-refractivity contribution < 1.29 is 9.53 Å². The van der Waals surface area contributed by atoms with E-state index in [-0.39, 0.29) is 11.7 Å². The molecular weight excluding hydrogens is 490 g/mol. The second-order valence-corrected chi connectivity index (χ2v) is 8.51. The Morgan fingerprint density at radius 1 is 1.09 bits per heavy atom. The Bertz CT molecular complexity index is 1200. The number of carbonyl (C=O) groups excluding carboxylic acids is 1. The number of hydrogen-bond donors (Lipinski definition) is 1. The van der Waals surface area contributed by atoms with E-state index in [0.29, 0.717) is 17.6 Å². The van der Waals surface area contributed by atoms with Gasteiger partial charge in [0.25, 0.3) is 0 Å². The third-order valence-corrected chi connectivity index (χ3v) is 5.84. The van der Waals surface area contributed by atoms with Gasteiger partial charge in [0, 0.05) is 33.8 Å². The molecule has 32 heavy (non-hydrogen) atoms. The topological polar surface area (TPSA) is 81.9 Å². The van der Waals surface area contributed by atoms with Crippen molar-refractivity contribution in [2.45, 2.75) is 12.1 Å². The highest BCUT2D eigenvalue weighted by atomic mass is 79.9. The number of halogens is 1. The zero-order valence-corrected chi connectivity index (χ0v) is 19.6. The number of nitrogens with zero attached hydrogens (tertiary/aromatic N) is 4. The normalized spacial score (nSPS) is 10.7. The zero-order valence-electron chi connectivity index (χ0n) is 17.2. The molecule has 7 nitrogen and oxygen atoms in total. The molecule has 0 fully saturated rings. The van der Waals surface area contributed by atoms with Gasteiger partial charge in [-0.3, -0.25) is 14.3 Å². The van der Waals surface area contributed by atoms with E-state index in [1.54, 1.807) is 12.4 Å². The van der Waals surface area contributed by atoms with E-state index >= 15 is 0 Å². The van der Waals surface area contributed by atoms with Crippen molar-refractivity contribution in [3.63, 3.8) is 0 Å². The largest absolute Gasteiger partial charge is 0.494 e. The first-order valence-electron chi connectivity index (χ1n) is 9.91. The number of benzene rings is 2. The number of thioether (sulfide) groups is 1. The fourth-order valence-corrected chi connectivity index (χ4v) is 4.19. The molecule has 0 aliphatic carbocycles. The van der Waals surface area contributed by atoms with Gasteiger partial charge in [0.2, 0.25) is 5.91 Å². The highest BCUT2D eigenvalue weighted by Crippen LogP contribution is 2.29. The van der Waals surface area contributed by atoms with E-state index in [9.17, 15) is 4.79 Å². The van der Waals surface area contributed by atoms with Gasteiger partial charge in [-0.25, -0.2) is 0 Å². The lowest BCUT2D eigenvalue weighted by atomic mass is 10.2. The van der Waals surface area contributed by atoms with Crippen LogP contribution in [0.25, 0.3) is 17.1 Å². The Balaban J connectivity index is 1.59. The molecule has 0 aliphatic heterocycles. The maximum absolute atomic E-state index is 12.5. The summed E-state index contributed by atoms with van der Waals surface area (Å²) in [5, 5.41) is 12.3. The fourth-order valence-electron chi connectivity index (χ4n) is 3.04. The predicted octanol–water partition coefficient (Wildman–Crippen LogP) is 5.22. The Kier molecular flexibility index (Phi) is 7.18. The molecule has 0 saturated carbocycles. The van der Waals surface area contributed by atoms with E-state index in [4.69, 9.17) is 4.74 Å². The average molecular weight is 510 g/mol. The minimum absolute atomic E-state index is 0.125. The molecule has 1 amide bonds. The molecule has 4 aromatic rings. The van der Waals surface area contributed by atoms with Crippen LogP contribution in [0.1, 0.15) is 6.92 Å². The summed E-state index contributed by atoms with van der Waals surface area (Å²) in [6.07, 6.45) is 3.43. The molecule has 0 aliphatic rings. The van der Waals surface area contributed by atoms with Crippen molar-refractivity contribution in [2.24, 2.45) is 0 Å². The van der Waals surface area contributed by atoms with E-state index in [1.165, 1.54) is 11.8 Å². The van der Waals surface area contributed by atoms with Gasteiger partial charge < -0.3 is 10.1 Å². The average Bonchev–Trinajstić information content (AvgIpc) is 3.23. The van der Waals surface area contributed by atoms with Gasteiger partial charge >= 0.3 is 0 Å². The molecule has 0 saturated heterocycles. The summed E-state index contributed by atoms with van der Waals surface area (Å²) in [4.78, 5) is 16.6. The molecule has 1 N–H and O–H groups in total. The lowest BCUT2D eigenvalue weighted by Crippen LogP contribution is -2.14. The van der Waals surface area contributed by atoms with E-state index < -0.39 is 0 Å². The summed E-state index contributed by atoms with van der Waals surface area (Å²) >= 11 is 4.73. The minimum Gasteiger partial charge on any atom is -0.494 e. The van der Waals surface area contributed by atoms with E-state index in [0.717, 1.165) is 27.2 Å². The van der Waals surface area contributed by atoms with Crippen molar-refractivity contribution in [2.75, 3.05) is 17.7 Å². The van der Waals surface area contributed by atoms with Crippen molar-refractivity contribution in [3.05, 3.63) is 77.5 Å². The van der Waals surface area contributed by atoms with Gasteiger partial charge in [-0.1, -0.05) is 33.8 Å². The van der Waals surface area contributed by atoms with Crippen molar-refractivity contribution in [3.8, 4) is 22.8 Å². The maximum Gasteiger partial charge on any atom is 0.234 e. The van der Waals surface area contributed by atoms with Crippen LogP contribution in [0.15, 0.2) is 82.7 Å². The Morgan fingerprint density at radius 3 is 2.59 bits per heavy atom. The number of aromatic nitrogens is 4. The first kappa shape index (κ1) is 22.0. The smallest absolute Gasteiger partial charge is 0.234 e. The third-order valence-electron chi connectivity index (χ3n) is 4.42. The van der Waals surface area contributed by atoms with Crippen molar-refractivity contribution in [1.29, 1.82) is 0 Å². The van der Waals surface area contributed by atoms with Crippen LogP contribution in [0.4, 0.5) is 5.69 Å². The number of amides is 1. The number of anilines is 1. The monoisotopic (exact) mass is 509 g/mol. The van der Waals surface area contributed by atoms with Crippen LogP contribution in [-0.4, -0.2) is 38.0 Å². The summed E-state index contributed by atoms with van der Waals surface area (Å²) in [5.74, 6) is 1.53. The number of carbonyl (C=O) groups is 1. The second kappa shape index (κ2) is 10.4. The second-order valence-electron chi connectivity index (χ2n) is 6.65. The van der Waals surface area contributed by atoms with Crippen molar-refractivity contribution >= 4 is 39.3 Å². The first-order chi connectivity index (χ1) is 15.6. The molecule has 162 valence electrons. The molecule has 4 rings (SSSR count). The van der Waals surface area contributed by atoms with Gasteiger partial charge in [-0.2, -0.15) is 0 Å². The van der Waals surface area contributed by atoms with Crippen LogP contribution < -0.4 is 10.1 Å². The van der Waals surface area contributed by atoms with E-state index in [2.05, 4.69) is 36.4 Å². The minimum atomic E-state index is -0.125. The molecular formula is C23H20BrN5O2S. The highest BCUT2D eigenvalue weighted by molar-refractivity contribution is 9.10. The Hall–Kier alpha value is -3.17. The van der Waals surface area contributed by atoms with Gasteiger partial charge in [0.15, 0.2) is 11.0 Å². The Labute approximate surface area is 198 Å². The molecule has 0 unspecified atom stereocenters. The first-order valence-corrected chi connectivity index (χ1v) is 11.7. The summed E-state index contributed by atoms with van der Waals surface area (Å²) in [6.45, 7) is 2.55. The Morgan fingerprint density at radius 2 is 1.88 bits per heavy atom. The van der Waals surface area contributed by atoms with Gasteiger partial charge in [-0.15, -0.1) is 10.2 Å². The number of pyridine rings is 1. The molecule has 2 aromatic heterocycles. The number of ether oxygens (including phenoxy) is 1. The number of rotatable bonds is 8. The zero-order chi connectivity index (χ0) is 22.3.